The highest BCUT2D eigenvalue weighted by atomic mass is 79.9. The number of aryl methyl sites for hydroxylation is 1. The summed E-state index contributed by atoms with van der Waals surface area (Å²) < 4.78 is 0. The second-order valence-corrected chi connectivity index (χ2v) is 4.69. The van der Waals surface area contributed by atoms with Crippen molar-refractivity contribution in [1.29, 1.82) is 0 Å². The molecular formula is C12H14BrClO. The van der Waals surface area contributed by atoms with E-state index in [1.54, 1.807) is 0 Å². The molecule has 0 aromatic heterocycles. The molecule has 82 valence electrons. The Hall–Kier alpha value is -0.340. The summed E-state index contributed by atoms with van der Waals surface area (Å²) >= 11 is 9.17. The Morgan fingerprint density at radius 2 is 2.13 bits per heavy atom. The minimum absolute atomic E-state index is 0.328. The fourth-order valence-electron chi connectivity index (χ4n) is 1.37. The van der Waals surface area contributed by atoms with Gasteiger partial charge in [0.05, 0.1) is 0 Å². The molecule has 1 nitrogen and oxygen atoms in total. The Kier molecular flexibility index (Phi) is 5.96. The molecule has 0 aliphatic heterocycles. The molecule has 0 radical (unpaired) electrons. The van der Waals surface area contributed by atoms with Crippen LogP contribution in [0.3, 0.4) is 0 Å². The molecule has 15 heavy (non-hydrogen) atoms. The minimum atomic E-state index is 0.328. The quantitative estimate of drug-likeness (QED) is 0.723. The van der Waals surface area contributed by atoms with Gasteiger partial charge in [-0.15, -0.1) is 0 Å². The predicted molar refractivity (Wildman–Crippen MR) is 67.8 cm³/mol. The molecule has 0 heterocycles. The van der Waals surface area contributed by atoms with Crippen molar-refractivity contribution in [1.82, 2.24) is 0 Å². The lowest BCUT2D eigenvalue weighted by Gasteiger charge is -2.01. The van der Waals surface area contributed by atoms with Gasteiger partial charge in [-0.25, -0.2) is 0 Å². The molecule has 0 aliphatic carbocycles. The molecule has 0 saturated heterocycles. The van der Waals surface area contributed by atoms with Crippen LogP contribution in [-0.2, 0) is 11.2 Å². The number of hydrogen-bond acceptors (Lipinski definition) is 1. The van der Waals surface area contributed by atoms with Gasteiger partial charge in [0.15, 0.2) is 0 Å². The molecular weight excluding hydrogens is 275 g/mol. The monoisotopic (exact) mass is 288 g/mol. The lowest BCUT2D eigenvalue weighted by molar-refractivity contribution is -0.119. The Balaban J connectivity index is 2.33. The third-order valence-corrected chi connectivity index (χ3v) is 2.97. The van der Waals surface area contributed by atoms with Crippen molar-refractivity contribution in [3.8, 4) is 0 Å². The van der Waals surface area contributed by atoms with Crippen LogP contribution in [-0.4, -0.2) is 11.1 Å². The van der Waals surface area contributed by atoms with Crippen LogP contribution >= 0.6 is 27.5 Å². The highest BCUT2D eigenvalue weighted by Gasteiger charge is 2.02. The average molecular weight is 290 g/mol. The zero-order valence-corrected chi connectivity index (χ0v) is 10.9. The molecule has 0 fully saturated rings. The maximum atomic E-state index is 11.4. The number of halogens is 2. The van der Waals surface area contributed by atoms with Gasteiger partial charge < -0.3 is 0 Å². The number of Topliss-reactive ketones (excluding diaryl/α,β-unsaturated/α-hetero) is 1. The van der Waals surface area contributed by atoms with E-state index in [4.69, 9.17) is 11.6 Å². The number of rotatable bonds is 6. The first-order valence-corrected chi connectivity index (χ1v) is 6.54. The normalized spacial score (nSPS) is 10.3. The molecule has 0 unspecified atom stereocenters. The molecule has 1 aromatic rings. The van der Waals surface area contributed by atoms with E-state index in [-0.39, 0.29) is 0 Å². The summed E-state index contributed by atoms with van der Waals surface area (Å²) in [5.74, 6) is 0.328. The van der Waals surface area contributed by atoms with E-state index in [0.717, 1.165) is 28.8 Å². The first-order chi connectivity index (χ1) is 7.22. The summed E-state index contributed by atoms with van der Waals surface area (Å²) in [6.45, 7) is 0. The maximum Gasteiger partial charge on any atom is 0.133 e. The summed E-state index contributed by atoms with van der Waals surface area (Å²) in [5, 5.41) is 1.64. The van der Waals surface area contributed by atoms with Gasteiger partial charge in [-0.3, -0.25) is 4.79 Å². The number of hydrogen-bond donors (Lipinski definition) is 0. The van der Waals surface area contributed by atoms with E-state index >= 15 is 0 Å². The van der Waals surface area contributed by atoms with E-state index in [9.17, 15) is 4.79 Å². The number of ketones is 1. The zero-order chi connectivity index (χ0) is 11.1. The van der Waals surface area contributed by atoms with Crippen LogP contribution in [0.4, 0.5) is 0 Å². The Labute approximate surface area is 104 Å². The second-order valence-electron chi connectivity index (χ2n) is 3.46. The summed E-state index contributed by atoms with van der Waals surface area (Å²) in [6, 6.07) is 7.68. The van der Waals surface area contributed by atoms with E-state index in [2.05, 4.69) is 15.9 Å². The van der Waals surface area contributed by atoms with Crippen molar-refractivity contribution in [2.45, 2.75) is 25.7 Å². The van der Waals surface area contributed by atoms with Crippen molar-refractivity contribution < 1.29 is 4.79 Å². The van der Waals surface area contributed by atoms with Crippen LogP contribution in [0.1, 0.15) is 24.8 Å². The molecule has 1 rings (SSSR count). The van der Waals surface area contributed by atoms with Crippen molar-refractivity contribution in [2.75, 3.05) is 5.33 Å². The van der Waals surface area contributed by atoms with Crippen molar-refractivity contribution >= 4 is 33.3 Å². The SMILES string of the molecule is O=C(CCCBr)CCc1cccc(Cl)c1. The third kappa shape index (κ3) is 5.33. The maximum absolute atomic E-state index is 11.4. The minimum Gasteiger partial charge on any atom is -0.300 e. The van der Waals surface area contributed by atoms with Crippen LogP contribution in [0.2, 0.25) is 5.02 Å². The van der Waals surface area contributed by atoms with Crippen LogP contribution in [0.25, 0.3) is 0 Å². The first-order valence-electron chi connectivity index (χ1n) is 5.04. The lowest BCUT2D eigenvalue weighted by atomic mass is 10.1. The largest absolute Gasteiger partial charge is 0.300 e. The van der Waals surface area contributed by atoms with Gasteiger partial charge in [0.2, 0.25) is 0 Å². The summed E-state index contributed by atoms with van der Waals surface area (Å²) in [4.78, 5) is 11.4. The molecule has 0 bridgehead atoms. The highest BCUT2D eigenvalue weighted by Crippen LogP contribution is 2.12. The molecule has 0 atom stereocenters. The number of carbonyl (C=O) groups excluding carboxylic acids is 1. The Morgan fingerprint density at radius 3 is 2.80 bits per heavy atom. The predicted octanol–water partition coefficient (Wildman–Crippen LogP) is 4.02. The number of benzene rings is 1. The van der Waals surface area contributed by atoms with E-state index in [0.29, 0.717) is 18.6 Å². The lowest BCUT2D eigenvalue weighted by Crippen LogP contribution is -2.00. The van der Waals surface area contributed by atoms with Crippen LogP contribution < -0.4 is 0 Å². The van der Waals surface area contributed by atoms with Crippen LogP contribution in [0.15, 0.2) is 24.3 Å². The average Bonchev–Trinajstić information content (AvgIpc) is 2.23. The van der Waals surface area contributed by atoms with Gasteiger partial charge in [0, 0.05) is 23.2 Å². The number of carbonyl (C=O) groups is 1. The van der Waals surface area contributed by atoms with Gasteiger partial charge in [0.1, 0.15) is 5.78 Å². The first kappa shape index (κ1) is 12.7. The fourth-order valence-corrected chi connectivity index (χ4v) is 1.86. The summed E-state index contributed by atoms with van der Waals surface area (Å²) in [6.07, 6.45) is 3.01. The van der Waals surface area contributed by atoms with Gasteiger partial charge in [-0.05, 0) is 30.5 Å². The molecule has 3 heteroatoms. The topological polar surface area (TPSA) is 17.1 Å². The summed E-state index contributed by atoms with van der Waals surface area (Å²) in [7, 11) is 0. The van der Waals surface area contributed by atoms with Gasteiger partial charge in [-0.1, -0.05) is 39.7 Å². The van der Waals surface area contributed by atoms with Crippen LogP contribution in [0, 0.1) is 0 Å². The molecule has 0 amide bonds. The van der Waals surface area contributed by atoms with E-state index in [1.807, 2.05) is 24.3 Å². The van der Waals surface area contributed by atoms with Gasteiger partial charge >= 0.3 is 0 Å². The third-order valence-electron chi connectivity index (χ3n) is 2.17. The number of alkyl halides is 1. The molecule has 0 aliphatic rings. The molecule has 0 spiro atoms. The van der Waals surface area contributed by atoms with E-state index < -0.39 is 0 Å². The Bertz CT molecular complexity index is 325. The standard InChI is InChI=1S/C12H14BrClO/c13-8-2-5-12(15)7-6-10-3-1-4-11(14)9-10/h1,3-4,9H,2,5-8H2. The van der Waals surface area contributed by atoms with Crippen LogP contribution in [0.5, 0.6) is 0 Å². The summed E-state index contributed by atoms with van der Waals surface area (Å²) in [5.41, 5.74) is 1.13. The fraction of sp³-hybridized carbons (Fsp3) is 0.417. The van der Waals surface area contributed by atoms with Crippen molar-refractivity contribution in [3.63, 3.8) is 0 Å². The zero-order valence-electron chi connectivity index (χ0n) is 8.51. The van der Waals surface area contributed by atoms with Crippen molar-refractivity contribution in [3.05, 3.63) is 34.9 Å². The van der Waals surface area contributed by atoms with Crippen molar-refractivity contribution in [2.24, 2.45) is 0 Å². The van der Waals surface area contributed by atoms with Gasteiger partial charge in [0.25, 0.3) is 0 Å². The Morgan fingerprint density at radius 1 is 1.33 bits per heavy atom. The smallest absolute Gasteiger partial charge is 0.133 e. The van der Waals surface area contributed by atoms with Gasteiger partial charge in [-0.2, -0.15) is 0 Å². The molecule has 0 N–H and O–H groups in total. The highest BCUT2D eigenvalue weighted by molar-refractivity contribution is 9.09. The molecule has 1 aromatic carbocycles. The van der Waals surface area contributed by atoms with E-state index in [1.165, 1.54) is 0 Å². The second kappa shape index (κ2) is 7.02. The molecule has 0 saturated carbocycles.